The van der Waals surface area contributed by atoms with Gasteiger partial charge in [-0.2, -0.15) is 5.26 Å². The summed E-state index contributed by atoms with van der Waals surface area (Å²) in [6, 6.07) is 1.24. The second-order valence-electron chi connectivity index (χ2n) is 4.11. The molecule has 7 nitrogen and oxygen atoms in total. The van der Waals surface area contributed by atoms with E-state index in [2.05, 4.69) is 16.0 Å². The number of hydrogen-bond donors (Lipinski definition) is 3. The third-order valence-corrected chi connectivity index (χ3v) is 2.76. The van der Waals surface area contributed by atoms with Crippen molar-refractivity contribution in [2.24, 2.45) is 5.92 Å². The van der Waals surface area contributed by atoms with Crippen molar-refractivity contribution in [3.05, 3.63) is 0 Å². The Balaban J connectivity index is 2.41. The second kappa shape index (κ2) is 7.27. The van der Waals surface area contributed by atoms with Crippen molar-refractivity contribution < 1.29 is 14.4 Å². The molecule has 1 rings (SSSR count). The third kappa shape index (κ3) is 4.41. The summed E-state index contributed by atoms with van der Waals surface area (Å²) in [6.07, 6.45) is 2.33. The maximum Gasteiger partial charge on any atom is 0.240 e. The van der Waals surface area contributed by atoms with Gasteiger partial charge in [0.15, 0.2) is 0 Å². The van der Waals surface area contributed by atoms with Crippen molar-refractivity contribution in [2.75, 3.05) is 13.1 Å². The molecule has 3 amide bonds. The molecule has 18 heavy (non-hydrogen) atoms. The molecule has 0 aliphatic carbocycles. The minimum Gasteiger partial charge on any atom is -0.356 e. The first-order valence-corrected chi connectivity index (χ1v) is 5.81. The topological polar surface area (TPSA) is 111 Å². The van der Waals surface area contributed by atoms with E-state index in [4.69, 9.17) is 5.26 Å². The van der Waals surface area contributed by atoms with E-state index in [1.54, 1.807) is 0 Å². The Kier molecular flexibility index (Phi) is 5.64. The fraction of sp³-hybridized carbons (Fsp3) is 0.636. The molecule has 0 saturated carbocycles. The third-order valence-electron chi connectivity index (χ3n) is 2.76. The molecular formula is C11H16N4O3. The maximum atomic E-state index is 11.5. The van der Waals surface area contributed by atoms with E-state index in [0.29, 0.717) is 19.4 Å². The highest BCUT2D eigenvalue weighted by Crippen LogP contribution is 2.17. The number of nitriles is 1. The molecule has 1 aliphatic heterocycles. The fourth-order valence-corrected chi connectivity index (χ4v) is 1.87. The van der Waals surface area contributed by atoms with Gasteiger partial charge in [0, 0.05) is 12.5 Å². The molecule has 0 spiro atoms. The van der Waals surface area contributed by atoms with Crippen LogP contribution in [-0.4, -0.2) is 37.4 Å². The van der Waals surface area contributed by atoms with Gasteiger partial charge in [-0.25, -0.2) is 0 Å². The highest BCUT2D eigenvalue weighted by Gasteiger charge is 2.26. The Morgan fingerprint density at radius 3 is 3.06 bits per heavy atom. The van der Waals surface area contributed by atoms with Crippen LogP contribution >= 0.6 is 0 Å². The summed E-state index contributed by atoms with van der Waals surface area (Å²) in [6.45, 7) is 0.501. The molecule has 1 unspecified atom stereocenters. The molecule has 0 aromatic rings. The lowest BCUT2D eigenvalue weighted by Gasteiger charge is -2.23. The molecule has 1 saturated heterocycles. The van der Waals surface area contributed by atoms with Crippen molar-refractivity contribution in [3.8, 4) is 6.07 Å². The molecule has 0 bridgehead atoms. The van der Waals surface area contributed by atoms with Crippen LogP contribution in [0.25, 0.3) is 0 Å². The first-order chi connectivity index (χ1) is 8.67. The zero-order valence-corrected chi connectivity index (χ0v) is 9.94. The fourth-order valence-electron chi connectivity index (χ4n) is 1.87. The van der Waals surface area contributed by atoms with Crippen LogP contribution in [0.3, 0.4) is 0 Å². The number of nitrogens with one attached hydrogen (secondary N) is 3. The monoisotopic (exact) mass is 252 g/mol. The van der Waals surface area contributed by atoms with Gasteiger partial charge in [-0.15, -0.1) is 0 Å². The van der Waals surface area contributed by atoms with Crippen molar-refractivity contribution >= 4 is 18.2 Å². The van der Waals surface area contributed by atoms with Gasteiger partial charge in [0.1, 0.15) is 6.04 Å². The van der Waals surface area contributed by atoms with Gasteiger partial charge in [0.25, 0.3) is 0 Å². The molecular weight excluding hydrogens is 236 g/mol. The minimum atomic E-state index is -0.709. The summed E-state index contributed by atoms with van der Waals surface area (Å²) in [5.41, 5.74) is 0. The Morgan fingerprint density at radius 2 is 2.44 bits per heavy atom. The number of nitrogens with zero attached hydrogens (tertiary/aromatic N) is 1. The van der Waals surface area contributed by atoms with Gasteiger partial charge in [0.05, 0.1) is 12.6 Å². The predicted molar refractivity (Wildman–Crippen MR) is 62.0 cm³/mol. The molecule has 98 valence electrons. The van der Waals surface area contributed by atoms with Crippen molar-refractivity contribution in [3.63, 3.8) is 0 Å². The van der Waals surface area contributed by atoms with E-state index in [1.807, 2.05) is 6.07 Å². The van der Waals surface area contributed by atoms with Crippen LogP contribution in [0.15, 0.2) is 0 Å². The average molecular weight is 252 g/mol. The number of amides is 3. The highest BCUT2D eigenvalue weighted by atomic mass is 16.2. The van der Waals surface area contributed by atoms with E-state index in [9.17, 15) is 14.4 Å². The van der Waals surface area contributed by atoms with E-state index in [0.717, 1.165) is 12.8 Å². The normalized spacial score (nSPS) is 20.2. The molecule has 1 fully saturated rings. The molecule has 0 aromatic carbocycles. The van der Waals surface area contributed by atoms with Gasteiger partial charge >= 0.3 is 0 Å². The number of carbonyl (C=O) groups is 3. The Labute approximate surface area is 105 Å². The van der Waals surface area contributed by atoms with E-state index >= 15 is 0 Å². The van der Waals surface area contributed by atoms with Gasteiger partial charge in [-0.3, -0.25) is 14.4 Å². The molecule has 0 radical (unpaired) electrons. The van der Waals surface area contributed by atoms with Crippen molar-refractivity contribution in [1.29, 1.82) is 5.26 Å². The summed E-state index contributed by atoms with van der Waals surface area (Å²) < 4.78 is 0. The maximum absolute atomic E-state index is 11.5. The summed E-state index contributed by atoms with van der Waals surface area (Å²) in [7, 11) is 0. The molecule has 3 N–H and O–H groups in total. The minimum absolute atomic E-state index is 0.0678. The highest BCUT2D eigenvalue weighted by molar-refractivity contribution is 5.81. The van der Waals surface area contributed by atoms with Gasteiger partial charge in [-0.05, 0) is 19.3 Å². The largest absolute Gasteiger partial charge is 0.356 e. The van der Waals surface area contributed by atoms with Gasteiger partial charge in [-0.1, -0.05) is 0 Å². The second-order valence-corrected chi connectivity index (χ2v) is 4.11. The lowest BCUT2D eigenvalue weighted by Crippen LogP contribution is -2.44. The Morgan fingerprint density at radius 1 is 1.67 bits per heavy atom. The number of piperidine rings is 1. The quantitative estimate of drug-likeness (QED) is 0.508. The van der Waals surface area contributed by atoms with Crippen LogP contribution < -0.4 is 16.0 Å². The van der Waals surface area contributed by atoms with Crippen molar-refractivity contribution in [2.45, 2.75) is 25.3 Å². The summed E-state index contributed by atoms with van der Waals surface area (Å²) in [4.78, 5) is 32.8. The van der Waals surface area contributed by atoms with Crippen LogP contribution in [-0.2, 0) is 14.4 Å². The predicted octanol–water partition coefficient (Wildman–Crippen LogP) is -1.34. The lowest BCUT2D eigenvalue weighted by molar-refractivity contribution is -0.127. The van der Waals surface area contributed by atoms with Gasteiger partial charge < -0.3 is 16.0 Å². The molecule has 1 heterocycles. The first-order valence-electron chi connectivity index (χ1n) is 5.81. The van der Waals surface area contributed by atoms with Crippen LogP contribution in [0, 0.1) is 17.2 Å². The lowest BCUT2D eigenvalue weighted by atomic mass is 9.92. The van der Waals surface area contributed by atoms with E-state index in [-0.39, 0.29) is 18.4 Å². The van der Waals surface area contributed by atoms with Crippen LogP contribution in [0.5, 0.6) is 0 Å². The van der Waals surface area contributed by atoms with Gasteiger partial charge in [0.2, 0.25) is 18.2 Å². The molecule has 2 atom stereocenters. The van der Waals surface area contributed by atoms with Crippen LogP contribution in [0.1, 0.15) is 19.3 Å². The zero-order chi connectivity index (χ0) is 13.4. The zero-order valence-electron chi connectivity index (χ0n) is 9.94. The summed E-state index contributed by atoms with van der Waals surface area (Å²) in [5, 5.41) is 16.3. The first kappa shape index (κ1) is 14.0. The molecule has 7 heteroatoms. The molecule has 0 aromatic heterocycles. The summed E-state index contributed by atoms with van der Waals surface area (Å²) in [5.74, 6) is -0.741. The Bertz CT molecular complexity index is 364. The number of rotatable bonds is 6. The number of hydrogen-bond acceptors (Lipinski definition) is 4. The van der Waals surface area contributed by atoms with E-state index < -0.39 is 11.9 Å². The van der Waals surface area contributed by atoms with Crippen LogP contribution in [0.2, 0.25) is 0 Å². The number of carbonyl (C=O) groups excluding carboxylic acids is 3. The molecule has 1 aliphatic rings. The van der Waals surface area contributed by atoms with E-state index in [1.165, 1.54) is 0 Å². The van der Waals surface area contributed by atoms with Crippen molar-refractivity contribution in [1.82, 2.24) is 16.0 Å². The standard InChI is InChI=1S/C11H16N4O3/c12-5-9(15-10(17)6-13-7-16)4-8-2-1-3-14-11(8)18/h7-9H,1-4,6H2,(H,13,16)(H,14,18)(H,15,17)/t8-,9?/m0/s1. The smallest absolute Gasteiger partial charge is 0.240 e. The summed E-state index contributed by atoms with van der Waals surface area (Å²) >= 11 is 0. The van der Waals surface area contributed by atoms with Crippen LogP contribution in [0.4, 0.5) is 0 Å². The SMILES string of the molecule is N#CC(C[C@@H]1CCCNC1=O)NC(=O)CNC=O. The Hall–Kier alpha value is -2.10. The average Bonchev–Trinajstić information content (AvgIpc) is 2.38.